The highest BCUT2D eigenvalue weighted by atomic mass is 16.5. The zero-order valence-electron chi connectivity index (χ0n) is 10.7. The van der Waals surface area contributed by atoms with Crippen molar-refractivity contribution >= 4 is 6.03 Å². The van der Waals surface area contributed by atoms with E-state index in [0.29, 0.717) is 19.7 Å². The summed E-state index contributed by atoms with van der Waals surface area (Å²) in [6, 6.07) is 7.74. The third-order valence-corrected chi connectivity index (χ3v) is 3.05. The first-order valence-corrected chi connectivity index (χ1v) is 5.93. The normalized spacial score (nSPS) is 18.9. The number of nitrogens with zero attached hydrogens (tertiary/aromatic N) is 1. The molecular weight excluding hydrogens is 232 g/mol. The van der Waals surface area contributed by atoms with Gasteiger partial charge in [0.25, 0.3) is 0 Å². The molecule has 1 N–H and O–H groups in total. The molecule has 1 saturated heterocycles. The number of rotatable bonds is 5. The summed E-state index contributed by atoms with van der Waals surface area (Å²) in [7, 11) is 3.27. The van der Waals surface area contributed by atoms with Crippen molar-refractivity contribution in [1.29, 1.82) is 0 Å². The fourth-order valence-electron chi connectivity index (χ4n) is 2.03. The van der Waals surface area contributed by atoms with Crippen molar-refractivity contribution in [2.45, 2.75) is 6.04 Å². The van der Waals surface area contributed by atoms with E-state index in [1.165, 1.54) is 0 Å². The van der Waals surface area contributed by atoms with Crippen LogP contribution in [0.3, 0.4) is 0 Å². The van der Waals surface area contributed by atoms with Gasteiger partial charge < -0.3 is 19.7 Å². The molecule has 5 nitrogen and oxygen atoms in total. The topological polar surface area (TPSA) is 50.8 Å². The number of hydrogen-bond donors (Lipinski definition) is 1. The van der Waals surface area contributed by atoms with Crippen molar-refractivity contribution in [3.8, 4) is 5.75 Å². The highest BCUT2D eigenvalue weighted by molar-refractivity contribution is 5.77. The minimum atomic E-state index is -0.0418. The van der Waals surface area contributed by atoms with E-state index in [-0.39, 0.29) is 12.1 Å². The van der Waals surface area contributed by atoms with Gasteiger partial charge in [-0.2, -0.15) is 0 Å². The molecule has 0 aromatic heterocycles. The Labute approximate surface area is 107 Å². The predicted molar refractivity (Wildman–Crippen MR) is 67.7 cm³/mol. The standard InChI is InChI=1S/C13H18N2O3/c1-17-7-6-15-9-12(14-13(15)16)10-4-3-5-11(8-10)18-2/h3-5,8,12H,6-7,9H2,1-2H3,(H,14,16). The smallest absolute Gasteiger partial charge is 0.318 e. The summed E-state index contributed by atoms with van der Waals surface area (Å²) < 4.78 is 10.2. The lowest BCUT2D eigenvalue weighted by Crippen LogP contribution is -2.30. The van der Waals surface area contributed by atoms with Gasteiger partial charge in [-0.25, -0.2) is 4.79 Å². The number of nitrogens with one attached hydrogen (secondary N) is 1. The van der Waals surface area contributed by atoms with Gasteiger partial charge in [0.1, 0.15) is 5.75 Å². The Morgan fingerprint density at radius 3 is 3.00 bits per heavy atom. The minimum Gasteiger partial charge on any atom is -0.497 e. The van der Waals surface area contributed by atoms with Crippen molar-refractivity contribution in [3.05, 3.63) is 29.8 Å². The average Bonchev–Trinajstić information content (AvgIpc) is 2.78. The Morgan fingerprint density at radius 2 is 2.28 bits per heavy atom. The van der Waals surface area contributed by atoms with Crippen LogP contribution in [0.15, 0.2) is 24.3 Å². The van der Waals surface area contributed by atoms with Crippen LogP contribution in [0.1, 0.15) is 11.6 Å². The van der Waals surface area contributed by atoms with Crippen molar-refractivity contribution in [1.82, 2.24) is 10.2 Å². The lowest BCUT2D eigenvalue weighted by Gasteiger charge is -2.14. The maximum atomic E-state index is 11.7. The molecule has 0 spiro atoms. The third kappa shape index (κ3) is 2.73. The summed E-state index contributed by atoms with van der Waals surface area (Å²) >= 11 is 0. The van der Waals surface area contributed by atoms with Crippen LogP contribution in [-0.2, 0) is 4.74 Å². The first kappa shape index (κ1) is 12.7. The van der Waals surface area contributed by atoms with Gasteiger partial charge in [0.2, 0.25) is 0 Å². The molecule has 98 valence electrons. The number of hydrogen-bond acceptors (Lipinski definition) is 3. The molecule has 1 unspecified atom stereocenters. The Hall–Kier alpha value is -1.75. The second-order valence-electron chi connectivity index (χ2n) is 4.22. The summed E-state index contributed by atoms with van der Waals surface area (Å²) in [5, 5.41) is 2.96. The van der Waals surface area contributed by atoms with Gasteiger partial charge in [0.05, 0.1) is 19.8 Å². The predicted octanol–water partition coefficient (Wildman–Crippen LogP) is 1.41. The van der Waals surface area contributed by atoms with Crippen molar-refractivity contribution in [2.24, 2.45) is 0 Å². The summed E-state index contributed by atoms with van der Waals surface area (Å²) in [5.74, 6) is 0.803. The van der Waals surface area contributed by atoms with E-state index in [1.54, 1.807) is 19.1 Å². The van der Waals surface area contributed by atoms with Gasteiger partial charge in [-0.3, -0.25) is 0 Å². The minimum absolute atomic E-state index is 0.0180. The molecule has 1 heterocycles. The quantitative estimate of drug-likeness (QED) is 0.859. The van der Waals surface area contributed by atoms with E-state index in [9.17, 15) is 4.79 Å². The molecule has 1 aromatic carbocycles. The van der Waals surface area contributed by atoms with E-state index in [1.807, 2.05) is 24.3 Å². The first-order valence-electron chi connectivity index (χ1n) is 5.93. The van der Waals surface area contributed by atoms with Gasteiger partial charge in [0.15, 0.2) is 0 Å². The van der Waals surface area contributed by atoms with Gasteiger partial charge in [0, 0.05) is 20.2 Å². The second kappa shape index (κ2) is 5.73. The Balaban J connectivity index is 2.04. The molecule has 2 rings (SSSR count). The van der Waals surface area contributed by atoms with Crippen molar-refractivity contribution < 1.29 is 14.3 Å². The Kier molecular flexibility index (Phi) is 4.04. The van der Waals surface area contributed by atoms with Gasteiger partial charge in [-0.1, -0.05) is 12.1 Å². The molecule has 18 heavy (non-hydrogen) atoms. The van der Waals surface area contributed by atoms with Gasteiger partial charge >= 0.3 is 6.03 Å². The van der Waals surface area contributed by atoms with Gasteiger partial charge in [-0.15, -0.1) is 0 Å². The monoisotopic (exact) mass is 250 g/mol. The maximum absolute atomic E-state index is 11.7. The fraction of sp³-hybridized carbons (Fsp3) is 0.462. The molecular formula is C13H18N2O3. The number of urea groups is 1. The number of carbonyl (C=O) groups excluding carboxylic acids is 1. The van der Waals surface area contributed by atoms with E-state index in [2.05, 4.69) is 5.32 Å². The fourth-order valence-corrected chi connectivity index (χ4v) is 2.03. The van der Waals surface area contributed by atoms with Crippen LogP contribution in [0.2, 0.25) is 0 Å². The third-order valence-electron chi connectivity index (χ3n) is 3.05. The molecule has 1 fully saturated rings. The van der Waals surface area contributed by atoms with Crippen LogP contribution < -0.4 is 10.1 Å². The van der Waals surface area contributed by atoms with Crippen LogP contribution in [0.4, 0.5) is 4.79 Å². The average molecular weight is 250 g/mol. The Bertz CT molecular complexity index is 422. The summed E-state index contributed by atoms with van der Waals surface area (Å²) in [6.45, 7) is 1.83. The molecule has 1 aliphatic heterocycles. The van der Waals surface area contributed by atoms with Crippen molar-refractivity contribution in [3.63, 3.8) is 0 Å². The number of ether oxygens (including phenoxy) is 2. The molecule has 0 saturated carbocycles. The maximum Gasteiger partial charge on any atom is 0.318 e. The number of carbonyl (C=O) groups is 1. The molecule has 1 aromatic rings. The van der Waals surface area contributed by atoms with E-state index >= 15 is 0 Å². The molecule has 2 amide bonds. The number of benzene rings is 1. The van der Waals surface area contributed by atoms with Crippen LogP contribution in [0.25, 0.3) is 0 Å². The zero-order chi connectivity index (χ0) is 13.0. The molecule has 5 heteroatoms. The van der Waals surface area contributed by atoms with Crippen LogP contribution in [-0.4, -0.2) is 44.8 Å². The number of methoxy groups -OCH3 is 2. The Morgan fingerprint density at radius 1 is 1.44 bits per heavy atom. The SMILES string of the molecule is COCCN1CC(c2cccc(OC)c2)NC1=O. The first-order chi connectivity index (χ1) is 8.74. The van der Waals surface area contributed by atoms with E-state index in [0.717, 1.165) is 11.3 Å². The summed E-state index contributed by atoms with van der Waals surface area (Å²) in [5.41, 5.74) is 1.06. The zero-order valence-corrected chi connectivity index (χ0v) is 10.7. The highest BCUT2D eigenvalue weighted by Crippen LogP contribution is 2.23. The molecule has 0 radical (unpaired) electrons. The lowest BCUT2D eigenvalue weighted by atomic mass is 10.1. The van der Waals surface area contributed by atoms with Gasteiger partial charge in [-0.05, 0) is 17.7 Å². The molecule has 1 aliphatic rings. The summed E-state index contributed by atoms with van der Waals surface area (Å²) in [6.07, 6.45) is 0. The largest absolute Gasteiger partial charge is 0.497 e. The second-order valence-corrected chi connectivity index (χ2v) is 4.22. The molecule has 1 atom stereocenters. The highest BCUT2D eigenvalue weighted by Gasteiger charge is 2.29. The summed E-state index contributed by atoms with van der Waals surface area (Å²) in [4.78, 5) is 13.5. The van der Waals surface area contributed by atoms with Crippen molar-refractivity contribution in [2.75, 3.05) is 33.9 Å². The number of amides is 2. The van der Waals surface area contributed by atoms with E-state index in [4.69, 9.17) is 9.47 Å². The van der Waals surface area contributed by atoms with Crippen LogP contribution >= 0.6 is 0 Å². The van der Waals surface area contributed by atoms with Crippen LogP contribution in [0.5, 0.6) is 5.75 Å². The molecule has 0 bridgehead atoms. The lowest BCUT2D eigenvalue weighted by molar-refractivity contribution is 0.161. The molecule has 0 aliphatic carbocycles. The van der Waals surface area contributed by atoms with Crippen LogP contribution in [0, 0.1) is 0 Å². The van der Waals surface area contributed by atoms with E-state index < -0.39 is 0 Å².